The molecule has 1 fully saturated rings. The molecule has 14 heteroatoms. The van der Waals surface area contributed by atoms with Gasteiger partial charge in [0.2, 0.25) is 11.9 Å². The van der Waals surface area contributed by atoms with Gasteiger partial charge in [-0.25, -0.2) is 19.1 Å². The Kier molecular flexibility index (Phi) is 11.7. The summed E-state index contributed by atoms with van der Waals surface area (Å²) in [5, 5.41) is 2.42. The highest BCUT2D eigenvalue weighted by Gasteiger charge is 2.57. The number of amides is 2. The lowest BCUT2D eigenvalue weighted by molar-refractivity contribution is -0.118. The smallest absolute Gasteiger partial charge is 0.413 e. The van der Waals surface area contributed by atoms with Gasteiger partial charge in [-0.3, -0.25) is 10.1 Å². The van der Waals surface area contributed by atoms with Gasteiger partial charge in [0.1, 0.15) is 0 Å². The summed E-state index contributed by atoms with van der Waals surface area (Å²) in [4.78, 5) is 42.3. The van der Waals surface area contributed by atoms with Crippen LogP contribution in [0.2, 0.25) is 36.3 Å². The van der Waals surface area contributed by atoms with E-state index in [1.54, 1.807) is 42.7 Å². The quantitative estimate of drug-likeness (QED) is 0.118. The number of fused-ring (bicyclic) bond motifs is 1. The zero-order valence-corrected chi connectivity index (χ0v) is 36.4. The summed E-state index contributed by atoms with van der Waals surface area (Å²) in [6.45, 7) is 28.8. The second-order valence-electron chi connectivity index (χ2n) is 17.7. The molecule has 0 aliphatic heterocycles. The minimum absolute atomic E-state index is 0.0906. The first-order valence-electron chi connectivity index (χ1n) is 18.8. The van der Waals surface area contributed by atoms with Gasteiger partial charge in [0, 0.05) is 12.3 Å². The van der Waals surface area contributed by atoms with E-state index in [0.717, 1.165) is 0 Å². The Hall–Kier alpha value is -4.25. The van der Waals surface area contributed by atoms with Crippen molar-refractivity contribution in [2.45, 2.75) is 116 Å². The number of halogens is 1. The summed E-state index contributed by atoms with van der Waals surface area (Å²) in [6, 6.07) is 17.5. The van der Waals surface area contributed by atoms with E-state index >= 15 is 4.39 Å². The van der Waals surface area contributed by atoms with Gasteiger partial charge < -0.3 is 18.2 Å². The number of nitrogens with one attached hydrogen (secondary N) is 1. The zero-order chi connectivity index (χ0) is 40.7. The lowest BCUT2D eigenvalue weighted by atomic mass is 9.99. The van der Waals surface area contributed by atoms with E-state index in [-0.39, 0.29) is 57.6 Å². The van der Waals surface area contributed by atoms with Gasteiger partial charge in [-0.15, -0.1) is 0 Å². The minimum atomic E-state index is -2.49. The van der Waals surface area contributed by atoms with E-state index in [1.165, 1.54) is 11.2 Å². The second-order valence-corrected chi connectivity index (χ2v) is 27.3. The molecule has 1 aliphatic carbocycles. The van der Waals surface area contributed by atoms with Crippen molar-refractivity contribution < 1.29 is 27.6 Å². The number of rotatable bonds is 11. The molecular formula is C41H57FN6O5Si2. The number of hydrogen-bond donors (Lipinski definition) is 1. The number of imidazole rings is 1. The first kappa shape index (κ1) is 41.9. The average molecular weight is 789 g/mol. The molecule has 0 spiro atoms. The molecule has 1 N–H and O–H groups in total. The third kappa shape index (κ3) is 8.62. The van der Waals surface area contributed by atoms with Crippen LogP contribution in [-0.2, 0) is 13.6 Å². The normalized spacial score (nSPS) is 19.6. The van der Waals surface area contributed by atoms with Gasteiger partial charge in [0.05, 0.1) is 36.5 Å². The predicted octanol–water partition coefficient (Wildman–Crippen LogP) is 10.4. The standard InChI is InChI=1S/C41H57FN6O5Si2/c1-27(2)35(49)45-37-44-34-33(36(46-37)52-38(50)48(29-20-16-14-17-21-29)30-22-18-15-19-23-30)43-26-47(34)31-24-32(53-55(12,13)40(7,8)9)41(42,28(31)3)25-51-54(10,11)39(4,5)6/h14-23,26-27,31-32H,3,24-25H2,1-2,4-13H3,(H,44,45,46,49)/t31-,32-,41+/m0/s1. The fourth-order valence-electron chi connectivity index (χ4n) is 5.80. The first-order valence-corrected chi connectivity index (χ1v) is 24.7. The number of para-hydroxylation sites is 2. The second kappa shape index (κ2) is 15.4. The van der Waals surface area contributed by atoms with Crippen molar-refractivity contribution in [3.05, 3.63) is 79.1 Å². The molecule has 0 bridgehead atoms. The number of benzene rings is 2. The average Bonchev–Trinajstić information content (AvgIpc) is 3.62. The van der Waals surface area contributed by atoms with Crippen molar-refractivity contribution in [2.24, 2.45) is 5.92 Å². The van der Waals surface area contributed by atoms with Crippen LogP contribution in [-0.4, -0.2) is 66.5 Å². The van der Waals surface area contributed by atoms with Crippen molar-refractivity contribution in [1.82, 2.24) is 19.5 Å². The monoisotopic (exact) mass is 788 g/mol. The number of alkyl halides is 1. The summed E-state index contributed by atoms with van der Waals surface area (Å²) in [5.41, 5.74) is -0.238. The van der Waals surface area contributed by atoms with Crippen molar-refractivity contribution in [2.75, 3.05) is 16.8 Å². The number of ether oxygens (including phenoxy) is 1. The Morgan fingerprint density at radius 1 is 0.945 bits per heavy atom. The summed E-state index contributed by atoms with van der Waals surface area (Å²) >= 11 is 0. The lowest BCUT2D eigenvalue weighted by Gasteiger charge is -2.43. The predicted molar refractivity (Wildman–Crippen MR) is 222 cm³/mol. The Morgan fingerprint density at radius 3 is 2.00 bits per heavy atom. The Labute approximate surface area is 327 Å². The molecule has 0 unspecified atom stereocenters. The van der Waals surface area contributed by atoms with Crippen LogP contribution in [0.25, 0.3) is 11.2 Å². The number of hydrogen-bond acceptors (Lipinski definition) is 8. The topological polar surface area (TPSA) is 121 Å². The van der Waals surface area contributed by atoms with Gasteiger partial charge in [0.15, 0.2) is 33.5 Å². The van der Waals surface area contributed by atoms with E-state index in [4.69, 9.17) is 18.6 Å². The lowest BCUT2D eigenvalue weighted by Crippen LogP contribution is -2.52. The Balaban J connectivity index is 1.60. The largest absolute Gasteiger partial charge is 0.425 e. The molecule has 1 saturated carbocycles. The summed E-state index contributed by atoms with van der Waals surface area (Å²) in [5.74, 6) is -0.989. The van der Waals surface area contributed by atoms with E-state index in [2.05, 4.69) is 89.6 Å². The molecule has 3 atom stereocenters. The molecule has 0 radical (unpaired) electrons. The molecule has 2 aromatic heterocycles. The highest BCUT2D eigenvalue weighted by Crippen LogP contribution is 2.51. The van der Waals surface area contributed by atoms with Gasteiger partial charge in [0.25, 0.3) is 5.88 Å². The van der Waals surface area contributed by atoms with Crippen LogP contribution in [0, 0.1) is 5.92 Å². The summed E-state index contributed by atoms with van der Waals surface area (Å²) < 4.78 is 39.1. The molecule has 55 heavy (non-hydrogen) atoms. The van der Waals surface area contributed by atoms with Crippen molar-refractivity contribution in [3.63, 3.8) is 0 Å². The Bertz CT molecular complexity index is 1990. The molecular weight excluding hydrogens is 732 g/mol. The van der Waals surface area contributed by atoms with Crippen LogP contribution >= 0.6 is 0 Å². The fourth-order valence-corrected chi connectivity index (χ4v) is 8.15. The molecule has 5 rings (SSSR count). The molecule has 0 saturated heterocycles. The molecule has 1 aliphatic rings. The van der Waals surface area contributed by atoms with Crippen molar-refractivity contribution in [1.29, 1.82) is 0 Å². The van der Waals surface area contributed by atoms with Crippen molar-refractivity contribution in [3.8, 4) is 5.88 Å². The zero-order valence-electron chi connectivity index (χ0n) is 34.4. The van der Waals surface area contributed by atoms with Gasteiger partial charge in [-0.1, -0.05) is 98.4 Å². The van der Waals surface area contributed by atoms with Crippen molar-refractivity contribution >= 4 is 57.1 Å². The molecule has 2 amide bonds. The number of anilines is 3. The molecule has 296 valence electrons. The van der Waals surface area contributed by atoms with Crippen LogP contribution in [0.3, 0.4) is 0 Å². The maximum absolute atomic E-state index is 17.9. The van der Waals surface area contributed by atoms with Crippen LogP contribution in [0.1, 0.15) is 67.9 Å². The molecule has 4 aromatic rings. The number of carbonyl (C=O) groups excluding carboxylic acids is 2. The van der Waals surface area contributed by atoms with E-state index in [9.17, 15) is 9.59 Å². The highest BCUT2D eigenvalue weighted by atomic mass is 28.4. The minimum Gasteiger partial charge on any atom is -0.413 e. The fraction of sp³-hybridized carbons (Fsp3) is 0.488. The highest BCUT2D eigenvalue weighted by molar-refractivity contribution is 6.74. The van der Waals surface area contributed by atoms with Gasteiger partial charge in [-0.2, -0.15) is 9.97 Å². The van der Waals surface area contributed by atoms with Crippen LogP contribution in [0.15, 0.2) is 79.1 Å². The molecule has 11 nitrogen and oxygen atoms in total. The number of nitrogens with zero attached hydrogens (tertiary/aromatic N) is 5. The number of aromatic nitrogens is 4. The number of carbonyl (C=O) groups is 2. The summed E-state index contributed by atoms with van der Waals surface area (Å²) in [7, 11) is -4.86. The van der Waals surface area contributed by atoms with Gasteiger partial charge in [-0.05, 0) is 66.1 Å². The van der Waals surface area contributed by atoms with E-state index in [1.807, 2.05) is 36.4 Å². The third-order valence-corrected chi connectivity index (χ3v) is 20.4. The SMILES string of the molecule is C=C1[C@@H](n2cnc3c(OC(=O)N(c4ccccc4)c4ccccc4)nc(NC(=O)C(C)C)nc32)C[C@H](O[Si](C)(C)C(C)(C)C)[C@@]1(F)CO[Si](C)(C)C(C)(C)C. The first-order chi connectivity index (χ1) is 25.5. The maximum atomic E-state index is 17.9. The van der Waals surface area contributed by atoms with Crippen LogP contribution in [0.4, 0.5) is 26.5 Å². The van der Waals surface area contributed by atoms with Crippen LogP contribution < -0.4 is 15.0 Å². The molecule has 2 aromatic carbocycles. The van der Waals surface area contributed by atoms with E-state index < -0.39 is 46.5 Å². The van der Waals surface area contributed by atoms with Gasteiger partial charge >= 0.3 is 6.09 Å². The van der Waals surface area contributed by atoms with E-state index in [0.29, 0.717) is 11.4 Å². The van der Waals surface area contributed by atoms with Crippen LogP contribution in [0.5, 0.6) is 5.88 Å². The molecule has 2 heterocycles. The third-order valence-electron chi connectivity index (χ3n) is 11.5. The summed E-state index contributed by atoms with van der Waals surface area (Å²) in [6.07, 6.45) is 0.136. The Morgan fingerprint density at radius 2 is 1.49 bits per heavy atom. The maximum Gasteiger partial charge on any atom is 0.425 e.